The predicted molar refractivity (Wildman–Crippen MR) is 143 cm³/mol. The lowest BCUT2D eigenvalue weighted by molar-refractivity contribution is -0.129. The predicted octanol–water partition coefficient (Wildman–Crippen LogP) is 6.38. The highest BCUT2D eigenvalue weighted by Crippen LogP contribution is 2.42. The van der Waals surface area contributed by atoms with Gasteiger partial charge >= 0.3 is 0 Å². The molecule has 1 N–H and O–H groups in total. The van der Waals surface area contributed by atoms with Crippen LogP contribution in [0.15, 0.2) is 77.4 Å². The Labute approximate surface area is 210 Å². The van der Waals surface area contributed by atoms with Crippen LogP contribution >= 0.6 is 0 Å². The van der Waals surface area contributed by atoms with E-state index in [1.165, 1.54) is 5.56 Å². The number of fused-ring (bicyclic) bond motifs is 2. The van der Waals surface area contributed by atoms with Gasteiger partial charge < -0.3 is 14.3 Å². The van der Waals surface area contributed by atoms with Gasteiger partial charge in [-0.25, -0.2) is 4.98 Å². The lowest BCUT2D eigenvalue weighted by Gasteiger charge is -2.28. The van der Waals surface area contributed by atoms with Crippen LogP contribution in [0.4, 0.5) is 0 Å². The number of furan rings is 1. The van der Waals surface area contributed by atoms with E-state index in [4.69, 9.17) is 9.40 Å². The van der Waals surface area contributed by atoms with Crippen LogP contribution in [0.2, 0.25) is 0 Å². The molecule has 36 heavy (non-hydrogen) atoms. The summed E-state index contributed by atoms with van der Waals surface area (Å²) in [6, 6.07) is 23.3. The van der Waals surface area contributed by atoms with E-state index in [-0.39, 0.29) is 11.3 Å². The van der Waals surface area contributed by atoms with Gasteiger partial charge in [-0.05, 0) is 79.8 Å². The molecule has 1 atom stereocenters. The van der Waals surface area contributed by atoms with E-state index in [9.17, 15) is 4.79 Å². The highest BCUT2D eigenvalue weighted by Gasteiger charge is 2.48. The van der Waals surface area contributed by atoms with Gasteiger partial charge in [-0.15, -0.1) is 0 Å². The van der Waals surface area contributed by atoms with Gasteiger partial charge in [0.05, 0.1) is 22.7 Å². The minimum Gasteiger partial charge on any atom is -0.464 e. The van der Waals surface area contributed by atoms with Gasteiger partial charge in [0.1, 0.15) is 17.2 Å². The van der Waals surface area contributed by atoms with Crippen LogP contribution in [0, 0.1) is 18.3 Å². The van der Waals surface area contributed by atoms with Gasteiger partial charge in [0.2, 0.25) is 0 Å². The number of nitrogens with one attached hydrogen (secondary N) is 1. The number of imidazole rings is 1. The van der Waals surface area contributed by atoms with Crippen molar-refractivity contribution in [2.24, 2.45) is 11.3 Å². The van der Waals surface area contributed by atoms with Crippen molar-refractivity contribution in [2.45, 2.75) is 32.7 Å². The number of nitrogens with zero attached hydrogens (tertiary/aromatic N) is 2. The van der Waals surface area contributed by atoms with Crippen molar-refractivity contribution in [2.75, 3.05) is 13.1 Å². The first-order chi connectivity index (χ1) is 17.6. The summed E-state index contributed by atoms with van der Waals surface area (Å²) in [7, 11) is 0. The first-order valence-electron chi connectivity index (χ1n) is 12.9. The molecule has 0 spiro atoms. The Morgan fingerprint density at radius 3 is 2.61 bits per heavy atom. The van der Waals surface area contributed by atoms with Crippen LogP contribution in [0.1, 0.15) is 24.8 Å². The maximum Gasteiger partial charge on any atom is 0.145 e. The number of rotatable bonds is 6. The van der Waals surface area contributed by atoms with E-state index in [2.05, 4.69) is 71.4 Å². The summed E-state index contributed by atoms with van der Waals surface area (Å²) >= 11 is 0. The second-order valence-corrected chi connectivity index (χ2v) is 10.6. The zero-order valence-electron chi connectivity index (χ0n) is 20.5. The number of Topliss-reactive ketones (excluding diaryl/α,β-unsaturated/α-hetero) is 1. The van der Waals surface area contributed by atoms with Crippen molar-refractivity contribution >= 4 is 27.8 Å². The number of carbonyl (C=O) groups excluding carboxylic acids is 1. The molecule has 2 fully saturated rings. The molecule has 0 amide bonds. The molecule has 5 aromatic rings. The van der Waals surface area contributed by atoms with Crippen molar-refractivity contribution in [3.05, 3.63) is 78.6 Å². The SMILES string of the molecule is Cc1ccc2nc(-c3ccc(-c4ccc5occc5c4)cc3)n(C[C@]3(C(=O)C4CC4)CCNC3)c2c1. The van der Waals surface area contributed by atoms with E-state index < -0.39 is 0 Å². The van der Waals surface area contributed by atoms with Crippen molar-refractivity contribution < 1.29 is 9.21 Å². The minimum atomic E-state index is -0.354. The third kappa shape index (κ3) is 3.58. The zero-order chi connectivity index (χ0) is 24.3. The first-order valence-corrected chi connectivity index (χ1v) is 12.9. The molecule has 1 saturated carbocycles. The smallest absolute Gasteiger partial charge is 0.145 e. The summed E-state index contributed by atoms with van der Waals surface area (Å²) in [5.74, 6) is 1.62. The molecule has 2 aromatic heterocycles. The summed E-state index contributed by atoms with van der Waals surface area (Å²) in [4.78, 5) is 18.6. The second kappa shape index (κ2) is 8.17. The molecule has 5 heteroatoms. The maximum absolute atomic E-state index is 13.5. The summed E-state index contributed by atoms with van der Waals surface area (Å²) in [5.41, 5.74) is 7.21. The number of carbonyl (C=O) groups is 1. The second-order valence-electron chi connectivity index (χ2n) is 10.6. The number of hydrogen-bond acceptors (Lipinski definition) is 4. The molecule has 5 nitrogen and oxygen atoms in total. The molecule has 2 aliphatic rings. The quantitative estimate of drug-likeness (QED) is 0.309. The Balaban J connectivity index is 1.31. The first kappa shape index (κ1) is 21.6. The molecule has 3 heterocycles. The van der Waals surface area contributed by atoms with Crippen LogP contribution in [-0.4, -0.2) is 28.4 Å². The Bertz CT molecular complexity index is 1600. The van der Waals surface area contributed by atoms with Crippen LogP contribution in [0.5, 0.6) is 0 Å². The van der Waals surface area contributed by atoms with Gasteiger partial charge in [0.25, 0.3) is 0 Å². The van der Waals surface area contributed by atoms with Crippen LogP contribution in [0.3, 0.4) is 0 Å². The molecule has 1 aliphatic carbocycles. The molecule has 1 saturated heterocycles. The Morgan fingerprint density at radius 1 is 1.03 bits per heavy atom. The average Bonchev–Trinajstić information content (AvgIpc) is 3.30. The molecular weight excluding hydrogens is 446 g/mol. The van der Waals surface area contributed by atoms with Crippen LogP contribution < -0.4 is 5.32 Å². The number of aryl methyl sites for hydroxylation is 1. The van der Waals surface area contributed by atoms with Crippen molar-refractivity contribution in [3.63, 3.8) is 0 Å². The number of hydrogen-bond donors (Lipinski definition) is 1. The molecule has 7 rings (SSSR count). The highest BCUT2D eigenvalue weighted by atomic mass is 16.3. The fourth-order valence-electron chi connectivity index (χ4n) is 5.82. The highest BCUT2D eigenvalue weighted by molar-refractivity contribution is 5.90. The van der Waals surface area contributed by atoms with E-state index >= 15 is 0 Å². The standard InChI is InChI=1S/C31H29N3O2/c1-20-2-10-26-27(16-20)34(19-31(13-14-32-18-31)29(35)22-5-6-22)30(33-26)23-7-3-21(4-8-23)24-9-11-28-25(17-24)12-15-36-28/h2-4,7-12,15-17,22,32H,5-6,13-14,18-19H2,1H3/t31-/m0/s1. The topological polar surface area (TPSA) is 60.1 Å². The normalized spacial score (nSPS) is 19.9. The Hall–Kier alpha value is -3.70. The van der Waals surface area contributed by atoms with Crippen LogP contribution in [0.25, 0.3) is 44.5 Å². The van der Waals surface area contributed by atoms with Gasteiger partial charge in [0.15, 0.2) is 0 Å². The summed E-state index contributed by atoms with van der Waals surface area (Å²) in [6.07, 6.45) is 4.71. The van der Waals surface area contributed by atoms with Crippen molar-refractivity contribution in [1.29, 1.82) is 0 Å². The zero-order valence-corrected chi connectivity index (χ0v) is 20.5. The number of benzene rings is 3. The van der Waals surface area contributed by atoms with E-state index in [0.717, 1.165) is 76.9 Å². The van der Waals surface area contributed by atoms with Gasteiger partial charge in [-0.1, -0.05) is 36.4 Å². The Morgan fingerprint density at radius 2 is 1.83 bits per heavy atom. The molecule has 0 bridgehead atoms. The van der Waals surface area contributed by atoms with E-state index in [0.29, 0.717) is 12.3 Å². The third-order valence-electron chi connectivity index (χ3n) is 8.01. The maximum atomic E-state index is 13.5. The molecule has 180 valence electrons. The average molecular weight is 476 g/mol. The van der Waals surface area contributed by atoms with Crippen molar-refractivity contribution in [1.82, 2.24) is 14.9 Å². The number of aromatic nitrogens is 2. The van der Waals surface area contributed by atoms with Gasteiger partial charge in [-0.3, -0.25) is 4.79 Å². The third-order valence-corrected chi connectivity index (χ3v) is 8.01. The molecular formula is C31H29N3O2. The summed E-state index contributed by atoms with van der Waals surface area (Å²) in [5, 5.41) is 4.58. The fourth-order valence-corrected chi connectivity index (χ4v) is 5.82. The molecule has 0 unspecified atom stereocenters. The Kier molecular flexibility index (Phi) is 4.90. The number of ketones is 1. The largest absolute Gasteiger partial charge is 0.464 e. The van der Waals surface area contributed by atoms with Crippen LogP contribution in [-0.2, 0) is 11.3 Å². The summed E-state index contributed by atoms with van der Waals surface area (Å²) < 4.78 is 7.80. The monoisotopic (exact) mass is 475 g/mol. The van der Waals surface area contributed by atoms with E-state index in [1.54, 1.807) is 6.26 Å². The molecule has 1 aliphatic heterocycles. The lowest BCUT2D eigenvalue weighted by atomic mass is 9.80. The minimum absolute atomic E-state index is 0.247. The van der Waals surface area contributed by atoms with Gasteiger partial charge in [0, 0.05) is 30.0 Å². The van der Waals surface area contributed by atoms with Gasteiger partial charge in [-0.2, -0.15) is 0 Å². The van der Waals surface area contributed by atoms with E-state index in [1.807, 2.05) is 12.1 Å². The molecule has 0 radical (unpaired) electrons. The summed E-state index contributed by atoms with van der Waals surface area (Å²) in [6.45, 7) is 4.44. The fraction of sp³-hybridized carbons (Fsp3) is 0.290. The lowest BCUT2D eigenvalue weighted by Crippen LogP contribution is -2.39. The van der Waals surface area contributed by atoms with Crippen molar-refractivity contribution in [3.8, 4) is 22.5 Å². The molecule has 3 aromatic carbocycles.